The number of carbonyl (C=O) groups is 1. The number of aromatic carboxylic acids is 1. The summed E-state index contributed by atoms with van der Waals surface area (Å²) in [6, 6.07) is 3.59. The van der Waals surface area contributed by atoms with Gasteiger partial charge in [0.25, 0.3) is 0 Å². The Morgan fingerprint density at radius 1 is 1.41 bits per heavy atom. The van der Waals surface area contributed by atoms with Crippen molar-refractivity contribution in [1.29, 1.82) is 0 Å². The fraction of sp³-hybridized carbons (Fsp3) is 0.500. The molecule has 7 nitrogen and oxygen atoms in total. The van der Waals surface area contributed by atoms with Crippen molar-refractivity contribution >= 4 is 21.7 Å². The van der Waals surface area contributed by atoms with Crippen molar-refractivity contribution in [3.8, 4) is 0 Å². The number of anilines is 1. The third-order valence-electron chi connectivity index (χ3n) is 2.87. The minimum Gasteiger partial charge on any atom is -0.478 e. The Morgan fingerprint density at radius 2 is 2.09 bits per heavy atom. The van der Waals surface area contributed by atoms with E-state index < -0.39 is 22.0 Å². The van der Waals surface area contributed by atoms with E-state index in [4.69, 9.17) is 4.74 Å². The van der Waals surface area contributed by atoms with Crippen molar-refractivity contribution in [2.75, 3.05) is 25.6 Å². The lowest BCUT2D eigenvalue weighted by Crippen LogP contribution is -2.35. The van der Waals surface area contributed by atoms with Gasteiger partial charge in [-0.1, -0.05) is 6.92 Å². The van der Waals surface area contributed by atoms with Crippen molar-refractivity contribution in [3.63, 3.8) is 0 Å². The van der Waals surface area contributed by atoms with Crippen molar-refractivity contribution < 1.29 is 23.1 Å². The molecule has 1 aromatic carbocycles. The van der Waals surface area contributed by atoms with Crippen LogP contribution in [-0.4, -0.2) is 45.8 Å². The van der Waals surface area contributed by atoms with E-state index in [2.05, 4.69) is 10.0 Å². The Hall–Kier alpha value is -1.64. The summed E-state index contributed by atoms with van der Waals surface area (Å²) in [5, 5.41) is 12.2. The lowest BCUT2D eigenvalue weighted by Gasteiger charge is -2.15. The fourth-order valence-electron chi connectivity index (χ4n) is 1.90. The standard InChI is InChI=1S/C14H22N2O5S/c1-4-7-15-13-6-5-11(8-12(13)14(17)18)22(19,20)16-10(2)9-21-3/h5-6,8,10,15-16H,4,7,9H2,1-3H3,(H,17,18)/t10-/m1/s1. The minimum absolute atomic E-state index is 0.0734. The van der Waals surface area contributed by atoms with Crippen molar-refractivity contribution in [1.82, 2.24) is 4.72 Å². The molecule has 0 bridgehead atoms. The van der Waals surface area contributed by atoms with Gasteiger partial charge in [-0.05, 0) is 31.5 Å². The average Bonchev–Trinajstić information content (AvgIpc) is 2.44. The van der Waals surface area contributed by atoms with Crippen LogP contribution >= 0.6 is 0 Å². The minimum atomic E-state index is -3.80. The smallest absolute Gasteiger partial charge is 0.337 e. The Kier molecular flexibility index (Phi) is 6.79. The van der Waals surface area contributed by atoms with E-state index in [1.807, 2.05) is 6.92 Å². The molecular weight excluding hydrogens is 308 g/mol. The Balaban J connectivity index is 3.10. The number of nitrogens with one attached hydrogen (secondary N) is 2. The van der Waals surface area contributed by atoms with E-state index in [0.29, 0.717) is 12.2 Å². The summed E-state index contributed by atoms with van der Waals surface area (Å²) in [5.74, 6) is -1.18. The monoisotopic (exact) mass is 330 g/mol. The average molecular weight is 330 g/mol. The van der Waals surface area contributed by atoms with Gasteiger partial charge in [-0.2, -0.15) is 0 Å². The summed E-state index contributed by atoms with van der Waals surface area (Å²) < 4.78 is 31.8. The zero-order valence-electron chi connectivity index (χ0n) is 12.9. The largest absolute Gasteiger partial charge is 0.478 e. The van der Waals surface area contributed by atoms with Crippen LogP contribution in [0.15, 0.2) is 23.1 Å². The highest BCUT2D eigenvalue weighted by molar-refractivity contribution is 7.89. The molecule has 22 heavy (non-hydrogen) atoms. The van der Waals surface area contributed by atoms with E-state index in [1.165, 1.54) is 19.2 Å². The third kappa shape index (κ3) is 4.97. The second kappa shape index (κ2) is 8.11. The first-order valence-electron chi connectivity index (χ1n) is 6.94. The summed E-state index contributed by atoms with van der Waals surface area (Å²) in [6.45, 7) is 4.44. The van der Waals surface area contributed by atoms with Gasteiger partial charge in [0.2, 0.25) is 10.0 Å². The van der Waals surface area contributed by atoms with Crippen LogP contribution < -0.4 is 10.0 Å². The van der Waals surface area contributed by atoms with Crippen LogP contribution in [0.4, 0.5) is 5.69 Å². The molecule has 0 amide bonds. The van der Waals surface area contributed by atoms with Crippen LogP contribution in [0.1, 0.15) is 30.6 Å². The van der Waals surface area contributed by atoms with Crippen LogP contribution in [0.2, 0.25) is 0 Å². The lowest BCUT2D eigenvalue weighted by atomic mass is 10.2. The van der Waals surface area contributed by atoms with Gasteiger partial charge in [-0.25, -0.2) is 17.9 Å². The van der Waals surface area contributed by atoms with E-state index in [9.17, 15) is 18.3 Å². The molecule has 0 saturated carbocycles. The topological polar surface area (TPSA) is 105 Å². The highest BCUT2D eigenvalue weighted by Crippen LogP contribution is 2.21. The van der Waals surface area contributed by atoms with Crippen LogP contribution in [0.3, 0.4) is 0 Å². The molecule has 0 fully saturated rings. The van der Waals surface area contributed by atoms with Crippen molar-refractivity contribution in [2.45, 2.75) is 31.2 Å². The maximum absolute atomic E-state index is 12.2. The van der Waals surface area contributed by atoms with Crippen molar-refractivity contribution in [2.24, 2.45) is 0 Å². The molecule has 1 atom stereocenters. The Morgan fingerprint density at radius 3 is 2.64 bits per heavy atom. The SMILES string of the molecule is CCCNc1ccc(S(=O)(=O)N[C@H](C)COC)cc1C(=O)O. The molecule has 124 valence electrons. The second-order valence-corrected chi connectivity index (χ2v) is 6.63. The summed E-state index contributed by atoms with van der Waals surface area (Å²) >= 11 is 0. The highest BCUT2D eigenvalue weighted by Gasteiger charge is 2.20. The van der Waals surface area contributed by atoms with E-state index in [1.54, 1.807) is 6.92 Å². The number of rotatable bonds is 9. The maximum atomic E-state index is 12.2. The molecule has 1 aromatic rings. The Labute approximate surface area is 130 Å². The molecule has 0 aliphatic rings. The van der Waals surface area contributed by atoms with E-state index >= 15 is 0 Å². The first-order chi connectivity index (χ1) is 10.3. The number of hydrogen-bond donors (Lipinski definition) is 3. The van der Waals surface area contributed by atoms with Gasteiger partial charge in [0.05, 0.1) is 17.1 Å². The zero-order chi connectivity index (χ0) is 16.8. The molecule has 0 spiro atoms. The number of ether oxygens (including phenoxy) is 1. The predicted molar refractivity (Wildman–Crippen MR) is 83.8 cm³/mol. The molecule has 0 saturated heterocycles. The maximum Gasteiger partial charge on any atom is 0.337 e. The molecule has 0 radical (unpaired) electrons. The third-order valence-corrected chi connectivity index (χ3v) is 4.46. The molecule has 0 aliphatic carbocycles. The number of carboxylic acid groups (broad SMARTS) is 1. The summed E-state index contributed by atoms with van der Waals surface area (Å²) in [5.41, 5.74) is 0.328. The molecule has 0 unspecified atom stereocenters. The number of methoxy groups -OCH3 is 1. The van der Waals surface area contributed by atoms with E-state index in [-0.39, 0.29) is 17.1 Å². The first-order valence-corrected chi connectivity index (χ1v) is 8.42. The van der Waals surface area contributed by atoms with Crippen LogP contribution in [0, 0.1) is 0 Å². The van der Waals surface area contributed by atoms with Crippen LogP contribution in [0.5, 0.6) is 0 Å². The van der Waals surface area contributed by atoms with Gasteiger partial charge in [-0.15, -0.1) is 0 Å². The number of hydrogen-bond acceptors (Lipinski definition) is 5. The Bertz CT molecular complexity index is 616. The first kappa shape index (κ1) is 18.4. The van der Waals surface area contributed by atoms with E-state index in [0.717, 1.165) is 12.5 Å². The normalized spacial score (nSPS) is 12.9. The highest BCUT2D eigenvalue weighted by atomic mass is 32.2. The number of benzene rings is 1. The molecule has 3 N–H and O–H groups in total. The van der Waals surface area contributed by atoms with Gasteiger partial charge in [-0.3, -0.25) is 0 Å². The zero-order valence-corrected chi connectivity index (χ0v) is 13.7. The summed E-state index contributed by atoms with van der Waals surface area (Å²) in [4.78, 5) is 11.2. The quantitative estimate of drug-likeness (QED) is 0.634. The summed E-state index contributed by atoms with van der Waals surface area (Å²) in [7, 11) is -2.32. The fourth-order valence-corrected chi connectivity index (χ4v) is 3.15. The number of carboxylic acids is 1. The molecule has 1 rings (SSSR count). The molecule has 8 heteroatoms. The molecule has 0 heterocycles. The summed E-state index contributed by atoms with van der Waals surface area (Å²) in [6.07, 6.45) is 0.829. The van der Waals surface area contributed by atoms with Crippen LogP contribution in [-0.2, 0) is 14.8 Å². The van der Waals surface area contributed by atoms with Gasteiger partial charge < -0.3 is 15.2 Å². The van der Waals surface area contributed by atoms with Gasteiger partial charge in [0.1, 0.15) is 0 Å². The van der Waals surface area contributed by atoms with Gasteiger partial charge in [0.15, 0.2) is 0 Å². The van der Waals surface area contributed by atoms with Gasteiger partial charge >= 0.3 is 5.97 Å². The van der Waals surface area contributed by atoms with Crippen molar-refractivity contribution in [3.05, 3.63) is 23.8 Å². The van der Waals surface area contributed by atoms with Crippen LogP contribution in [0.25, 0.3) is 0 Å². The molecule has 0 aliphatic heterocycles. The molecular formula is C14H22N2O5S. The number of sulfonamides is 1. The lowest BCUT2D eigenvalue weighted by molar-refractivity contribution is 0.0697. The predicted octanol–water partition coefficient (Wildman–Crippen LogP) is 1.52. The van der Waals surface area contributed by atoms with Gasteiger partial charge in [0, 0.05) is 25.4 Å². The second-order valence-electron chi connectivity index (χ2n) is 4.92. The molecule has 0 aromatic heterocycles.